The van der Waals surface area contributed by atoms with Gasteiger partial charge >= 0.3 is 0 Å². The van der Waals surface area contributed by atoms with Crippen molar-refractivity contribution < 1.29 is 0 Å². The maximum absolute atomic E-state index is 4.36. The molecular formula is C18H22N14. The van der Waals surface area contributed by atoms with Gasteiger partial charge in [0.1, 0.15) is 0 Å². The van der Waals surface area contributed by atoms with Gasteiger partial charge in [-0.25, -0.2) is 9.36 Å². The third-order valence-corrected chi connectivity index (χ3v) is 5.16. The first kappa shape index (κ1) is 19.8. The molecule has 0 unspecified atom stereocenters. The Balaban J connectivity index is 1.23. The zero-order valence-corrected chi connectivity index (χ0v) is 18.2. The van der Waals surface area contributed by atoms with Crippen molar-refractivity contribution in [1.29, 1.82) is 0 Å². The first-order valence-electron chi connectivity index (χ1n) is 10.2. The maximum atomic E-state index is 4.36. The first-order chi connectivity index (χ1) is 15.5. The summed E-state index contributed by atoms with van der Waals surface area (Å²) in [6.45, 7) is 10.4. The van der Waals surface area contributed by atoms with E-state index in [9.17, 15) is 0 Å². The van der Waals surface area contributed by atoms with Crippen LogP contribution >= 0.6 is 0 Å². The van der Waals surface area contributed by atoms with Gasteiger partial charge in [-0.05, 0) is 39.8 Å². The third kappa shape index (κ3) is 3.70. The predicted octanol–water partition coefficient (Wildman–Crippen LogP) is -0.222. The summed E-state index contributed by atoms with van der Waals surface area (Å²) in [5.41, 5.74) is 3.64. The van der Waals surface area contributed by atoms with Crippen LogP contribution in [0.4, 0.5) is 11.9 Å². The van der Waals surface area contributed by atoms with Gasteiger partial charge in [0.05, 0.1) is 11.4 Å². The van der Waals surface area contributed by atoms with Crippen molar-refractivity contribution in [3.63, 3.8) is 0 Å². The van der Waals surface area contributed by atoms with Gasteiger partial charge < -0.3 is 9.80 Å². The molecule has 1 saturated heterocycles. The molecule has 4 aromatic heterocycles. The van der Waals surface area contributed by atoms with Gasteiger partial charge in [0.2, 0.25) is 0 Å². The molecule has 0 saturated carbocycles. The average Bonchev–Trinajstić information content (AvgIpc) is 3.33. The molecule has 0 N–H and O–H groups in total. The van der Waals surface area contributed by atoms with Gasteiger partial charge in [-0.3, -0.25) is 0 Å². The SMILES string of the molecule is Cc1cc(C)n(-c2nnc(N3CCN(c4nnc(-n5nc(C)cc5C)nn4)CC3)nn2)n1. The van der Waals surface area contributed by atoms with E-state index in [1.165, 1.54) is 0 Å². The van der Waals surface area contributed by atoms with Crippen LogP contribution in [0.1, 0.15) is 22.8 Å². The summed E-state index contributed by atoms with van der Waals surface area (Å²) in [4.78, 5) is 4.04. The summed E-state index contributed by atoms with van der Waals surface area (Å²) in [6.07, 6.45) is 0. The lowest BCUT2D eigenvalue weighted by Gasteiger charge is -2.33. The highest BCUT2D eigenvalue weighted by atomic mass is 15.5. The summed E-state index contributed by atoms with van der Waals surface area (Å²) >= 11 is 0. The molecule has 0 amide bonds. The second-order valence-electron chi connectivity index (χ2n) is 7.65. The summed E-state index contributed by atoms with van der Waals surface area (Å²) in [5.74, 6) is 1.66. The summed E-state index contributed by atoms with van der Waals surface area (Å²) in [6, 6.07) is 3.90. The van der Waals surface area contributed by atoms with Crippen molar-refractivity contribution in [2.24, 2.45) is 0 Å². The third-order valence-electron chi connectivity index (χ3n) is 5.16. The molecule has 0 bridgehead atoms. The second kappa shape index (κ2) is 7.86. The van der Waals surface area contributed by atoms with E-state index >= 15 is 0 Å². The number of hydrogen-bond acceptors (Lipinski definition) is 12. The van der Waals surface area contributed by atoms with E-state index in [0.717, 1.165) is 22.8 Å². The van der Waals surface area contributed by atoms with E-state index in [1.54, 1.807) is 9.36 Å². The Labute approximate surface area is 183 Å². The highest BCUT2D eigenvalue weighted by Crippen LogP contribution is 2.14. The monoisotopic (exact) mass is 434 g/mol. The van der Waals surface area contributed by atoms with Crippen LogP contribution in [0.3, 0.4) is 0 Å². The minimum absolute atomic E-state index is 0.353. The summed E-state index contributed by atoms with van der Waals surface area (Å²) in [7, 11) is 0. The number of hydrogen-bond donors (Lipinski definition) is 0. The number of aryl methyl sites for hydroxylation is 4. The van der Waals surface area contributed by atoms with Crippen LogP contribution in [-0.2, 0) is 0 Å². The van der Waals surface area contributed by atoms with Gasteiger partial charge in [0, 0.05) is 37.6 Å². The van der Waals surface area contributed by atoms with Crippen LogP contribution in [0.15, 0.2) is 12.1 Å². The smallest absolute Gasteiger partial charge is 0.289 e. The maximum Gasteiger partial charge on any atom is 0.289 e. The second-order valence-corrected chi connectivity index (χ2v) is 7.65. The van der Waals surface area contributed by atoms with Crippen LogP contribution in [-0.4, -0.2) is 86.5 Å². The molecule has 5 rings (SSSR count). The average molecular weight is 434 g/mol. The Kier molecular flexibility index (Phi) is 4.88. The molecule has 0 radical (unpaired) electrons. The Bertz CT molecular complexity index is 1120. The topological polar surface area (TPSA) is 145 Å². The lowest BCUT2D eigenvalue weighted by molar-refractivity contribution is 0.597. The molecule has 164 valence electrons. The molecule has 5 heterocycles. The van der Waals surface area contributed by atoms with E-state index in [2.05, 4.69) is 51.0 Å². The van der Waals surface area contributed by atoms with E-state index in [1.807, 2.05) is 49.6 Å². The van der Waals surface area contributed by atoms with Crippen LogP contribution < -0.4 is 9.80 Å². The van der Waals surface area contributed by atoms with Crippen molar-refractivity contribution in [2.75, 3.05) is 36.0 Å². The number of rotatable bonds is 4. The molecule has 4 aromatic rings. The number of aromatic nitrogens is 12. The van der Waals surface area contributed by atoms with Crippen molar-refractivity contribution in [3.05, 3.63) is 34.9 Å². The molecule has 32 heavy (non-hydrogen) atoms. The quantitative estimate of drug-likeness (QED) is 0.418. The molecule has 1 aliphatic heterocycles. The lowest BCUT2D eigenvalue weighted by atomic mass is 10.3. The summed E-state index contributed by atoms with van der Waals surface area (Å²) in [5, 5.41) is 42.4. The van der Waals surface area contributed by atoms with Crippen LogP contribution in [0.25, 0.3) is 11.9 Å². The molecular weight excluding hydrogens is 412 g/mol. The Morgan fingerprint density at radius 1 is 0.500 bits per heavy atom. The van der Waals surface area contributed by atoms with Gasteiger partial charge in [0.15, 0.2) is 0 Å². The fraction of sp³-hybridized carbons (Fsp3) is 0.444. The van der Waals surface area contributed by atoms with Gasteiger partial charge in [-0.1, -0.05) is 0 Å². The predicted molar refractivity (Wildman–Crippen MR) is 113 cm³/mol. The first-order valence-corrected chi connectivity index (χ1v) is 10.2. The molecule has 0 aromatic carbocycles. The zero-order valence-electron chi connectivity index (χ0n) is 18.2. The van der Waals surface area contributed by atoms with Crippen molar-refractivity contribution in [2.45, 2.75) is 27.7 Å². The normalized spacial score (nSPS) is 14.2. The molecule has 0 aliphatic carbocycles. The molecule has 0 atom stereocenters. The standard InChI is InChI=1S/C18H22N14/c1-11-9-13(3)31(27-11)17-23-19-15(20-24-17)29-5-7-30(8-6-29)16-21-25-18(26-22-16)32-14(4)10-12(2)28-32/h9-10H,5-8H2,1-4H3. The van der Waals surface area contributed by atoms with Crippen LogP contribution in [0, 0.1) is 27.7 Å². The van der Waals surface area contributed by atoms with E-state index in [0.29, 0.717) is 50.0 Å². The largest absolute Gasteiger partial charge is 0.335 e. The Morgan fingerprint density at radius 2 is 0.812 bits per heavy atom. The highest BCUT2D eigenvalue weighted by molar-refractivity contribution is 5.35. The number of anilines is 2. The van der Waals surface area contributed by atoms with E-state index in [-0.39, 0.29) is 0 Å². The van der Waals surface area contributed by atoms with Crippen LogP contribution in [0.5, 0.6) is 0 Å². The van der Waals surface area contributed by atoms with Crippen molar-refractivity contribution >= 4 is 11.9 Å². The highest BCUT2D eigenvalue weighted by Gasteiger charge is 2.23. The van der Waals surface area contributed by atoms with Crippen molar-refractivity contribution in [1.82, 2.24) is 60.4 Å². The molecule has 14 heteroatoms. The molecule has 1 fully saturated rings. The van der Waals surface area contributed by atoms with Gasteiger partial charge in [0.25, 0.3) is 23.8 Å². The van der Waals surface area contributed by atoms with Gasteiger partial charge in [-0.2, -0.15) is 10.2 Å². The van der Waals surface area contributed by atoms with Crippen molar-refractivity contribution in [3.8, 4) is 11.9 Å². The van der Waals surface area contributed by atoms with E-state index in [4.69, 9.17) is 0 Å². The molecule has 0 spiro atoms. The van der Waals surface area contributed by atoms with E-state index < -0.39 is 0 Å². The Hall–Kier alpha value is -4.10. The number of piperazine rings is 1. The Morgan fingerprint density at radius 3 is 1.09 bits per heavy atom. The fourth-order valence-corrected chi connectivity index (χ4v) is 3.63. The van der Waals surface area contributed by atoms with Crippen LogP contribution in [0.2, 0.25) is 0 Å². The lowest BCUT2D eigenvalue weighted by Crippen LogP contribution is -2.48. The zero-order chi connectivity index (χ0) is 22.2. The minimum atomic E-state index is 0.353. The fourth-order valence-electron chi connectivity index (χ4n) is 3.63. The summed E-state index contributed by atoms with van der Waals surface area (Å²) < 4.78 is 3.26. The molecule has 1 aliphatic rings. The van der Waals surface area contributed by atoms with Gasteiger partial charge in [-0.15, -0.1) is 40.8 Å². The number of nitrogens with zero attached hydrogens (tertiary/aromatic N) is 14. The molecule has 14 nitrogen and oxygen atoms in total. The minimum Gasteiger partial charge on any atom is -0.335 e.